The van der Waals surface area contributed by atoms with E-state index in [2.05, 4.69) is 0 Å². The first kappa shape index (κ1) is 16.8. The first-order valence-electron chi connectivity index (χ1n) is 7.43. The van der Waals surface area contributed by atoms with Crippen LogP contribution in [0.3, 0.4) is 0 Å². The van der Waals surface area contributed by atoms with Crippen LogP contribution in [0.1, 0.15) is 37.4 Å². The van der Waals surface area contributed by atoms with Crippen molar-refractivity contribution in [3.63, 3.8) is 0 Å². The number of rotatable bonds is 6. The molecule has 1 atom stereocenters. The molecule has 1 N–H and O–H groups in total. The molecule has 2 rings (SSSR count). The van der Waals surface area contributed by atoms with Crippen LogP contribution in [0, 0.1) is 0 Å². The van der Waals surface area contributed by atoms with Gasteiger partial charge in [-0.3, -0.25) is 9.59 Å². The largest absolute Gasteiger partial charge is 0.481 e. The summed E-state index contributed by atoms with van der Waals surface area (Å²) in [7, 11) is 0. The standard InChI is InChI=1S/C16H20ClNO4/c17-13-6-2-1-5-12(13)14-11-18(9-10-22-14)15(19)7-3-4-8-16(20)21/h1-2,5-6,14H,3-4,7-11H2,(H,20,21). The summed E-state index contributed by atoms with van der Waals surface area (Å²) in [4.78, 5) is 24.4. The molecule has 1 heterocycles. The summed E-state index contributed by atoms with van der Waals surface area (Å²) in [6.45, 7) is 1.54. The van der Waals surface area contributed by atoms with Gasteiger partial charge < -0.3 is 14.7 Å². The molecule has 1 saturated heterocycles. The van der Waals surface area contributed by atoms with Gasteiger partial charge in [0.2, 0.25) is 5.91 Å². The Balaban J connectivity index is 1.86. The Labute approximate surface area is 134 Å². The van der Waals surface area contributed by atoms with Crippen LogP contribution in [0.4, 0.5) is 0 Å². The van der Waals surface area contributed by atoms with E-state index in [1.807, 2.05) is 24.3 Å². The average molecular weight is 326 g/mol. The number of morpholine rings is 1. The number of amides is 1. The number of carbonyl (C=O) groups excluding carboxylic acids is 1. The molecule has 1 aliphatic rings. The zero-order valence-corrected chi connectivity index (χ0v) is 13.1. The van der Waals surface area contributed by atoms with Crippen LogP contribution >= 0.6 is 11.6 Å². The summed E-state index contributed by atoms with van der Waals surface area (Å²) < 4.78 is 5.73. The summed E-state index contributed by atoms with van der Waals surface area (Å²) in [5.74, 6) is -0.775. The third kappa shape index (κ3) is 4.71. The van der Waals surface area contributed by atoms with E-state index in [1.54, 1.807) is 4.90 Å². The molecule has 0 aliphatic carbocycles. The van der Waals surface area contributed by atoms with E-state index in [0.717, 1.165) is 5.56 Å². The highest BCUT2D eigenvalue weighted by molar-refractivity contribution is 6.31. The Bertz CT molecular complexity index is 535. The summed E-state index contributed by atoms with van der Waals surface area (Å²) >= 11 is 6.18. The van der Waals surface area contributed by atoms with E-state index >= 15 is 0 Å². The average Bonchev–Trinajstić information content (AvgIpc) is 2.52. The maximum absolute atomic E-state index is 12.2. The Morgan fingerprint density at radius 1 is 1.27 bits per heavy atom. The van der Waals surface area contributed by atoms with Gasteiger partial charge in [0.25, 0.3) is 0 Å². The van der Waals surface area contributed by atoms with Crippen molar-refractivity contribution in [2.75, 3.05) is 19.7 Å². The summed E-state index contributed by atoms with van der Waals surface area (Å²) in [6.07, 6.45) is 1.41. The third-order valence-corrected chi connectivity index (χ3v) is 4.05. The number of nitrogens with zero attached hydrogens (tertiary/aromatic N) is 1. The highest BCUT2D eigenvalue weighted by atomic mass is 35.5. The minimum absolute atomic E-state index is 0.0470. The zero-order valence-electron chi connectivity index (χ0n) is 12.3. The normalized spacial score (nSPS) is 18.2. The molecule has 1 amide bonds. The van der Waals surface area contributed by atoms with Gasteiger partial charge in [0.15, 0.2) is 0 Å². The molecular formula is C16H20ClNO4. The molecule has 1 fully saturated rings. The summed E-state index contributed by atoms with van der Waals surface area (Å²) in [5, 5.41) is 9.23. The van der Waals surface area contributed by atoms with Gasteiger partial charge in [0.1, 0.15) is 6.10 Å². The fourth-order valence-electron chi connectivity index (χ4n) is 2.51. The van der Waals surface area contributed by atoms with E-state index in [1.165, 1.54) is 0 Å². The van der Waals surface area contributed by atoms with Crippen molar-refractivity contribution in [3.8, 4) is 0 Å². The lowest BCUT2D eigenvalue weighted by Gasteiger charge is -2.33. The molecule has 120 valence electrons. The third-order valence-electron chi connectivity index (χ3n) is 3.70. The zero-order chi connectivity index (χ0) is 15.9. The number of benzene rings is 1. The first-order chi connectivity index (χ1) is 10.6. The van der Waals surface area contributed by atoms with Crippen molar-refractivity contribution < 1.29 is 19.4 Å². The van der Waals surface area contributed by atoms with Crippen molar-refractivity contribution >= 4 is 23.5 Å². The molecule has 0 bridgehead atoms. The Morgan fingerprint density at radius 2 is 2.00 bits per heavy atom. The van der Waals surface area contributed by atoms with Crippen molar-refractivity contribution in [2.45, 2.75) is 31.8 Å². The molecule has 1 aromatic rings. The van der Waals surface area contributed by atoms with Gasteiger partial charge in [0, 0.05) is 30.0 Å². The topological polar surface area (TPSA) is 66.8 Å². The maximum Gasteiger partial charge on any atom is 0.303 e. The number of ether oxygens (including phenoxy) is 1. The number of unbranched alkanes of at least 4 members (excludes halogenated alkanes) is 1. The Morgan fingerprint density at radius 3 is 2.73 bits per heavy atom. The first-order valence-corrected chi connectivity index (χ1v) is 7.81. The lowest BCUT2D eigenvalue weighted by Crippen LogP contribution is -2.42. The van der Waals surface area contributed by atoms with Crippen molar-refractivity contribution in [1.29, 1.82) is 0 Å². The van der Waals surface area contributed by atoms with Crippen molar-refractivity contribution in [1.82, 2.24) is 4.90 Å². The number of halogens is 1. The van der Waals surface area contributed by atoms with Gasteiger partial charge >= 0.3 is 5.97 Å². The van der Waals surface area contributed by atoms with Crippen LogP contribution in [-0.2, 0) is 14.3 Å². The minimum Gasteiger partial charge on any atom is -0.481 e. The second-order valence-electron chi connectivity index (χ2n) is 5.32. The quantitative estimate of drug-likeness (QED) is 0.817. The van der Waals surface area contributed by atoms with Gasteiger partial charge in [0.05, 0.1) is 13.2 Å². The SMILES string of the molecule is O=C(O)CCCCC(=O)N1CCOC(c2ccccc2Cl)C1. The van der Waals surface area contributed by atoms with Crippen LogP contribution in [0.25, 0.3) is 0 Å². The lowest BCUT2D eigenvalue weighted by molar-refractivity contribution is -0.140. The van der Waals surface area contributed by atoms with Crippen LogP contribution in [0.2, 0.25) is 5.02 Å². The van der Waals surface area contributed by atoms with Crippen molar-refractivity contribution in [2.24, 2.45) is 0 Å². The molecule has 0 saturated carbocycles. The molecule has 5 nitrogen and oxygen atoms in total. The summed E-state index contributed by atoms with van der Waals surface area (Å²) in [5.41, 5.74) is 0.896. The molecule has 0 spiro atoms. The molecule has 6 heteroatoms. The smallest absolute Gasteiger partial charge is 0.303 e. The van der Waals surface area contributed by atoms with Crippen molar-refractivity contribution in [3.05, 3.63) is 34.9 Å². The number of aliphatic carboxylic acids is 1. The van der Waals surface area contributed by atoms with E-state index in [9.17, 15) is 9.59 Å². The van der Waals surface area contributed by atoms with Gasteiger partial charge in [-0.05, 0) is 18.9 Å². The van der Waals surface area contributed by atoms with E-state index in [-0.39, 0.29) is 18.4 Å². The number of carboxylic acid groups (broad SMARTS) is 1. The number of hydrogen-bond acceptors (Lipinski definition) is 3. The second kappa shape index (κ2) is 8.15. The van der Waals surface area contributed by atoms with E-state index in [0.29, 0.717) is 44.0 Å². The monoisotopic (exact) mass is 325 g/mol. The molecule has 1 aromatic carbocycles. The molecule has 0 aromatic heterocycles. The minimum atomic E-state index is -0.822. The Hall–Kier alpha value is -1.59. The van der Waals surface area contributed by atoms with Crippen LogP contribution < -0.4 is 0 Å². The Kier molecular flexibility index (Phi) is 6.21. The number of carbonyl (C=O) groups is 2. The van der Waals surface area contributed by atoms with Gasteiger partial charge in [-0.1, -0.05) is 29.8 Å². The highest BCUT2D eigenvalue weighted by Gasteiger charge is 2.26. The van der Waals surface area contributed by atoms with E-state index < -0.39 is 5.97 Å². The van der Waals surface area contributed by atoms with Gasteiger partial charge in [-0.15, -0.1) is 0 Å². The fraction of sp³-hybridized carbons (Fsp3) is 0.500. The van der Waals surface area contributed by atoms with Gasteiger partial charge in [-0.2, -0.15) is 0 Å². The number of carboxylic acids is 1. The lowest BCUT2D eigenvalue weighted by atomic mass is 10.1. The molecular weight excluding hydrogens is 306 g/mol. The maximum atomic E-state index is 12.2. The van der Waals surface area contributed by atoms with Crippen LogP contribution in [-0.4, -0.2) is 41.6 Å². The molecule has 0 radical (unpaired) electrons. The van der Waals surface area contributed by atoms with E-state index in [4.69, 9.17) is 21.4 Å². The van der Waals surface area contributed by atoms with Gasteiger partial charge in [-0.25, -0.2) is 0 Å². The van der Waals surface area contributed by atoms with Crippen LogP contribution in [0.15, 0.2) is 24.3 Å². The predicted molar refractivity (Wildman–Crippen MR) is 82.8 cm³/mol. The fourth-order valence-corrected chi connectivity index (χ4v) is 2.77. The molecule has 1 unspecified atom stereocenters. The number of hydrogen-bond donors (Lipinski definition) is 1. The van der Waals surface area contributed by atoms with Crippen LogP contribution in [0.5, 0.6) is 0 Å². The summed E-state index contributed by atoms with van der Waals surface area (Å²) in [6, 6.07) is 7.48. The molecule has 1 aliphatic heterocycles. The second-order valence-corrected chi connectivity index (χ2v) is 5.73. The predicted octanol–water partition coefficient (Wildman–Crippen LogP) is 2.88. The molecule has 22 heavy (non-hydrogen) atoms. The highest BCUT2D eigenvalue weighted by Crippen LogP contribution is 2.28.